The third-order valence-electron chi connectivity index (χ3n) is 2.58. The molecule has 6 heteroatoms. The van der Waals surface area contributed by atoms with E-state index in [-0.39, 0.29) is 0 Å². The molecule has 0 aromatic carbocycles. The lowest BCUT2D eigenvalue weighted by atomic mass is 10.2. The Balaban J connectivity index is 2.23. The van der Waals surface area contributed by atoms with Gasteiger partial charge in [0.2, 0.25) is 0 Å². The summed E-state index contributed by atoms with van der Waals surface area (Å²) in [6.45, 7) is 6.31. The minimum absolute atomic E-state index is 0.530. The van der Waals surface area contributed by atoms with Gasteiger partial charge < -0.3 is 10.2 Å². The number of nitrogens with zero attached hydrogens (tertiary/aromatic N) is 1. The number of nitrogens with one attached hydrogen (secondary N) is 3. The van der Waals surface area contributed by atoms with Crippen molar-refractivity contribution in [3.63, 3.8) is 0 Å². The second-order valence-corrected chi connectivity index (χ2v) is 4.75. The zero-order valence-electron chi connectivity index (χ0n) is 10.00. The minimum Gasteiger partial charge on any atom is -0.358 e. The fraction of sp³-hybridized carbons (Fsp3) is 0.636. The zero-order valence-corrected chi connectivity index (χ0v) is 11.6. The van der Waals surface area contributed by atoms with Crippen molar-refractivity contribution in [2.45, 2.75) is 25.7 Å². The molecule has 0 spiro atoms. The molecule has 0 aromatic heterocycles. The van der Waals surface area contributed by atoms with Crippen LogP contribution in [0.1, 0.15) is 25.7 Å². The van der Waals surface area contributed by atoms with Crippen LogP contribution in [-0.4, -0.2) is 34.8 Å². The van der Waals surface area contributed by atoms with Crippen LogP contribution < -0.4 is 16.2 Å². The topological polar surface area (TPSA) is 39.3 Å². The highest BCUT2D eigenvalue weighted by Gasteiger charge is 2.11. The fourth-order valence-electron chi connectivity index (χ4n) is 1.67. The summed E-state index contributed by atoms with van der Waals surface area (Å²) in [5.41, 5.74) is 5.83. The quantitative estimate of drug-likeness (QED) is 0.400. The number of likely N-dealkylation sites (tertiary alicyclic amines) is 1. The van der Waals surface area contributed by atoms with Crippen molar-refractivity contribution in [3.05, 3.63) is 12.7 Å². The third-order valence-corrected chi connectivity index (χ3v) is 3.19. The smallest absolute Gasteiger partial charge is 0.187 e. The number of hydrazine groups is 1. The second kappa shape index (κ2) is 8.25. The van der Waals surface area contributed by atoms with Crippen LogP contribution >= 0.6 is 24.4 Å². The Morgan fingerprint density at radius 3 is 2.35 bits per heavy atom. The molecule has 0 aliphatic carbocycles. The van der Waals surface area contributed by atoms with E-state index in [4.69, 9.17) is 24.4 Å². The molecule has 3 N–H and O–H groups in total. The van der Waals surface area contributed by atoms with Crippen molar-refractivity contribution >= 4 is 34.7 Å². The van der Waals surface area contributed by atoms with Gasteiger partial charge in [-0.25, -0.2) is 0 Å². The standard InChI is InChI=1S/C11H20N4S2/c1-2-7-12-10(16)13-14-11(17)15-8-5-3-4-6-9-15/h2H,1,3-9H2,(H,14,17)(H2,12,13,16). The molecule has 0 unspecified atom stereocenters. The molecular formula is C11H20N4S2. The molecule has 1 fully saturated rings. The van der Waals surface area contributed by atoms with E-state index in [9.17, 15) is 0 Å². The van der Waals surface area contributed by atoms with Crippen molar-refractivity contribution in [1.29, 1.82) is 0 Å². The van der Waals surface area contributed by atoms with Crippen LogP contribution in [0.3, 0.4) is 0 Å². The van der Waals surface area contributed by atoms with E-state index < -0.39 is 0 Å². The van der Waals surface area contributed by atoms with Gasteiger partial charge in [0.05, 0.1) is 0 Å². The molecule has 1 saturated heterocycles. The Hall–Kier alpha value is -0.880. The summed E-state index contributed by atoms with van der Waals surface area (Å²) in [7, 11) is 0. The maximum atomic E-state index is 5.31. The first-order valence-corrected chi connectivity index (χ1v) is 6.75. The van der Waals surface area contributed by atoms with Gasteiger partial charge in [-0.05, 0) is 37.3 Å². The van der Waals surface area contributed by atoms with Gasteiger partial charge in [-0.1, -0.05) is 18.9 Å². The Bertz CT molecular complexity index is 273. The maximum Gasteiger partial charge on any atom is 0.187 e. The molecule has 0 radical (unpaired) electrons. The SMILES string of the molecule is C=CCNC(=S)NNC(=S)N1CCCCCC1. The third kappa shape index (κ3) is 5.83. The highest BCUT2D eigenvalue weighted by atomic mass is 32.1. The van der Waals surface area contributed by atoms with Crippen LogP contribution in [0.25, 0.3) is 0 Å². The minimum atomic E-state index is 0.530. The van der Waals surface area contributed by atoms with Crippen molar-refractivity contribution in [1.82, 2.24) is 21.1 Å². The maximum absolute atomic E-state index is 5.31. The average Bonchev–Trinajstić information content (AvgIpc) is 2.62. The largest absolute Gasteiger partial charge is 0.358 e. The van der Waals surface area contributed by atoms with Gasteiger partial charge in [-0.15, -0.1) is 6.58 Å². The van der Waals surface area contributed by atoms with E-state index in [1.54, 1.807) is 6.08 Å². The number of hydrogen-bond donors (Lipinski definition) is 3. The summed E-state index contributed by atoms with van der Waals surface area (Å²) < 4.78 is 0. The van der Waals surface area contributed by atoms with Gasteiger partial charge >= 0.3 is 0 Å². The Labute approximate surface area is 114 Å². The van der Waals surface area contributed by atoms with Crippen LogP contribution in [0.15, 0.2) is 12.7 Å². The second-order valence-electron chi connectivity index (χ2n) is 3.96. The van der Waals surface area contributed by atoms with Crippen LogP contribution in [0, 0.1) is 0 Å². The monoisotopic (exact) mass is 272 g/mol. The van der Waals surface area contributed by atoms with Crippen LogP contribution in [-0.2, 0) is 0 Å². The summed E-state index contributed by atoms with van der Waals surface area (Å²) in [5.74, 6) is 0. The van der Waals surface area contributed by atoms with Gasteiger partial charge in [0.1, 0.15) is 0 Å². The predicted molar refractivity (Wildman–Crippen MR) is 79.7 cm³/mol. The van der Waals surface area contributed by atoms with Gasteiger partial charge in [0.15, 0.2) is 10.2 Å². The van der Waals surface area contributed by atoms with Gasteiger partial charge in [-0.2, -0.15) is 0 Å². The Morgan fingerprint density at radius 2 is 1.76 bits per heavy atom. The molecule has 0 atom stereocenters. The average molecular weight is 272 g/mol. The molecular weight excluding hydrogens is 252 g/mol. The van der Waals surface area contributed by atoms with Crippen LogP contribution in [0.5, 0.6) is 0 Å². The predicted octanol–water partition coefficient (Wildman–Crippen LogP) is 1.30. The fourth-order valence-corrected chi connectivity index (χ4v) is 2.04. The van der Waals surface area contributed by atoms with E-state index in [1.807, 2.05) is 0 Å². The summed E-state index contributed by atoms with van der Waals surface area (Å²) in [4.78, 5) is 2.19. The zero-order chi connectivity index (χ0) is 12.5. The van der Waals surface area contributed by atoms with Crippen molar-refractivity contribution in [3.8, 4) is 0 Å². The first kappa shape index (κ1) is 14.2. The Kier molecular flexibility index (Phi) is 6.88. The number of hydrogen-bond acceptors (Lipinski definition) is 2. The highest BCUT2D eigenvalue weighted by Crippen LogP contribution is 2.09. The molecule has 0 aromatic rings. The normalized spacial score (nSPS) is 15.6. The molecule has 96 valence electrons. The van der Waals surface area contributed by atoms with E-state index >= 15 is 0 Å². The lowest BCUT2D eigenvalue weighted by Crippen LogP contribution is -2.51. The molecule has 0 amide bonds. The molecule has 4 nitrogen and oxygen atoms in total. The van der Waals surface area contributed by atoms with Gasteiger partial charge in [-0.3, -0.25) is 10.9 Å². The van der Waals surface area contributed by atoms with Crippen molar-refractivity contribution < 1.29 is 0 Å². The van der Waals surface area contributed by atoms with Crippen molar-refractivity contribution in [2.24, 2.45) is 0 Å². The Morgan fingerprint density at radius 1 is 1.12 bits per heavy atom. The first-order chi connectivity index (χ1) is 8.24. The van der Waals surface area contributed by atoms with Gasteiger partial charge in [0, 0.05) is 19.6 Å². The van der Waals surface area contributed by atoms with E-state index in [0.717, 1.165) is 18.2 Å². The summed E-state index contributed by atoms with van der Waals surface area (Å²) in [6, 6.07) is 0. The lowest BCUT2D eigenvalue weighted by molar-refractivity contribution is 0.424. The van der Waals surface area contributed by atoms with E-state index in [1.165, 1.54) is 25.7 Å². The highest BCUT2D eigenvalue weighted by molar-refractivity contribution is 7.80. The van der Waals surface area contributed by atoms with Gasteiger partial charge in [0.25, 0.3) is 0 Å². The molecule has 0 bridgehead atoms. The molecule has 1 heterocycles. The molecule has 17 heavy (non-hydrogen) atoms. The molecule has 1 aliphatic rings. The van der Waals surface area contributed by atoms with Crippen LogP contribution in [0.2, 0.25) is 0 Å². The van der Waals surface area contributed by atoms with E-state index in [2.05, 4.69) is 27.6 Å². The molecule has 0 saturated carbocycles. The summed E-state index contributed by atoms with van der Waals surface area (Å²) >= 11 is 10.4. The van der Waals surface area contributed by atoms with Crippen molar-refractivity contribution in [2.75, 3.05) is 19.6 Å². The molecule has 1 aliphatic heterocycles. The van der Waals surface area contributed by atoms with E-state index in [0.29, 0.717) is 11.7 Å². The van der Waals surface area contributed by atoms with Crippen LogP contribution in [0.4, 0.5) is 0 Å². The first-order valence-electron chi connectivity index (χ1n) is 5.93. The summed E-state index contributed by atoms with van der Waals surface area (Å²) in [6.07, 6.45) is 6.76. The number of rotatable bonds is 2. The summed E-state index contributed by atoms with van der Waals surface area (Å²) in [5, 5.41) is 4.21. The lowest BCUT2D eigenvalue weighted by Gasteiger charge is -2.24. The molecule has 1 rings (SSSR count). The number of thiocarbonyl (C=S) groups is 2.